The number of hydrogen-bond donors (Lipinski definition) is 0. The lowest BCUT2D eigenvalue weighted by atomic mass is 9.83. The molecule has 2 atom stereocenters. The van der Waals surface area contributed by atoms with Gasteiger partial charge in [-0.25, -0.2) is 0 Å². The molecule has 2 heterocycles. The zero-order chi connectivity index (χ0) is 11.8. The van der Waals surface area contributed by atoms with E-state index >= 15 is 0 Å². The predicted molar refractivity (Wildman–Crippen MR) is 64.1 cm³/mol. The quantitative estimate of drug-likeness (QED) is 0.752. The molecule has 0 N–H and O–H groups in total. The molecule has 2 unspecified atom stereocenters. The Morgan fingerprint density at radius 3 is 3.06 bits per heavy atom. The lowest BCUT2D eigenvalue weighted by Crippen LogP contribution is -2.25. The van der Waals surface area contributed by atoms with E-state index in [1.807, 2.05) is 18.2 Å². The van der Waals surface area contributed by atoms with Gasteiger partial charge in [0, 0.05) is 10.5 Å². The number of Topliss-reactive ketones (excluding diaryl/α,β-unsaturated/α-hetero) is 1. The smallest absolute Gasteiger partial charge is 0.160 e. The summed E-state index contributed by atoms with van der Waals surface area (Å²) in [4.78, 5) is 24.5. The number of thiophene rings is 1. The van der Waals surface area contributed by atoms with E-state index < -0.39 is 0 Å². The highest BCUT2D eigenvalue weighted by Gasteiger charge is 2.35. The van der Waals surface area contributed by atoms with Crippen molar-refractivity contribution < 1.29 is 14.3 Å². The molecule has 0 aromatic carbocycles. The van der Waals surface area contributed by atoms with Crippen LogP contribution in [0.3, 0.4) is 0 Å². The van der Waals surface area contributed by atoms with E-state index in [2.05, 4.69) is 0 Å². The van der Waals surface area contributed by atoms with Crippen LogP contribution in [0.15, 0.2) is 36.1 Å². The number of ether oxygens (including phenoxy) is 1. The first kappa shape index (κ1) is 10.5. The molecular weight excluding hydrogens is 236 g/mol. The SMILES string of the molecule is O=Cc1ccc(C2C=CC3=COCC3C2=O)s1. The van der Waals surface area contributed by atoms with Crippen molar-refractivity contribution in [2.45, 2.75) is 5.92 Å². The van der Waals surface area contributed by atoms with Crippen LogP contribution in [0.4, 0.5) is 0 Å². The molecule has 0 saturated heterocycles. The van der Waals surface area contributed by atoms with E-state index in [1.165, 1.54) is 11.3 Å². The molecule has 4 heteroatoms. The number of hydrogen-bond acceptors (Lipinski definition) is 4. The molecule has 2 aliphatic rings. The molecule has 0 bridgehead atoms. The summed E-state index contributed by atoms with van der Waals surface area (Å²) in [7, 11) is 0. The van der Waals surface area contributed by atoms with Crippen LogP contribution in [0, 0.1) is 5.92 Å². The highest BCUT2D eigenvalue weighted by molar-refractivity contribution is 7.13. The maximum absolute atomic E-state index is 12.3. The maximum Gasteiger partial charge on any atom is 0.160 e. The van der Waals surface area contributed by atoms with Crippen LogP contribution in [-0.2, 0) is 9.53 Å². The average molecular weight is 246 g/mol. The lowest BCUT2D eigenvalue weighted by Gasteiger charge is -2.19. The Labute approximate surface area is 102 Å². The van der Waals surface area contributed by atoms with Crippen LogP contribution in [-0.4, -0.2) is 18.7 Å². The monoisotopic (exact) mass is 246 g/mol. The first-order chi connectivity index (χ1) is 8.29. The van der Waals surface area contributed by atoms with E-state index in [-0.39, 0.29) is 17.6 Å². The normalized spacial score (nSPS) is 26.4. The molecule has 1 aliphatic heterocycles. The van der Waals surface area contributed by atoms with E-state index in [0.717, 1.165) is 16.7 Å². The van der Waals surface area contributed by atoms with Gasteiger partial charge in [-0.3, -0.25) is 9.59 Å². The standard InChI is InChI=1S/C13H10O3S/c14-5-9-2-4-12(17-9)10-3-1-8-6-16-7-11(8)13(10)15/h1-6,10-11H,7H2. The topological polar surface area (TPSA) is 43.4 Å². The number of allylic oxidation sites excluding steroid dienone is 2. The molecule has 3 rings (SSSR count). The average Bonchev–Trinajstić information content (AvgIpc) is 2.97. The van der Waals surface area contributed by atoms with Gasteiger partial charge >= 0.3 is 0 Å². The Morgan fingerprint density at radius 2 is 2.29 bits per heavy atom. The van der Waals surface area contributed by atoms with Gasteiger partial charge in [0.25, 0.3) is 0 Å². The molecule has 0 spiro atoms. The predicted octanol–water partition coefficient (Wildman–Crippen LogP) is 2.31. The third kappa shape index (κ3) is 1.65. The molecule has 1 aromatic heterocycles. The second kappa shape index (κ2) is 3.96. The van der Waals surface area contributed by atoms with E-state index in [0.29, 0.717) is 11.5 Å². The fourth-order valence-corrected chi connectivity index (χ4v) is 3.09. The van der Waals surface area contributed by atoms with Gasteiger partial charge in [-0.1, -0.05) is 12.2 Å². The van der Waals surface area contributed by atoms with Crippen LogP contribution in [0.25, 0.3) is 0 Å². The van der Waals surface area contributed by atoms with Gasteiger partial charge in [-0.2, -0.15) is 0 Å². The first-order valence-corrected chi connectivity index (χ1v) is 6.20. The van der Waals surface area contributed by atoms with Crippen LogP contribution in [0.5, 0.6) is 0 Å². The molecular formula is C13H10O3S. The Balaban J connectivity index is 1.94. The lowest BCUT2D eigenvalue weighted by molar-refractivity contribution is -0.122. The largest absolute Gasteiger partial charge is 0.500 e. The molecule has 1 aliphatic carbocycles. The number of rotatable bonds is 2. The van der Waals surface area contributed by atoms with E-state index in [4.69, 9.17) is 4.74 Å². The van der Waals surface area contributed by atoms with Crippen molar-refractivity contribution in [2.24, 2.45) is 5.92 Å². The Hall–Kier alpha value is -1.68. The van der Waals surface area contributed by atoms with Gasteiger partial charge in [-0.15, -0.1) is 11.3 Å². The maximum atomic E-state index is 12.3. The third-order valence-corrected chi connectivity index (χ3v) is 4.18. The summed E-state index contributed by atoms with van der Waals surface area (Å²) in [6, 6.07) is 3.61. The van der Waals surface area contributed by atoms with Crippen LogP contribution >= 0.6 is 11.3 Å². The molecule has 0 amide bonds. The van der Waals surface area contributed by atoms with Gasteiger partial charge in [0.05, 0.1) is 23.0 Å². The van der Waals surface area contributed by atoms with Gasteiger partial charge in [-0.05, 0) is 12.1 Å². The number of carbonyl (C=O) groups is 2. The van der Waals surface area contributed by atoms with Crippen LogP contribution in [0.1, 0.15) is 20.5 Å². The zero-order valence-electron chi connectivity index (χ0n) is 8.96. The minimum atomic E-state index is -0.224. The van der Waals surface area contributed by atoms with Crippen LogP contribution < -0.4 is 0 Å². The summed E-state index contributed by atoms with van der Waals surface area (Å²) in [6.45, 7) is 0.445. The Morgan fingerprint density at radius 1 is 1.41 bits per heavy atom. The van der Waals surface area contributed by atoms with Crippen molar-refractivity contribution in [2.75, 3.05) is 6.61 Å². The Bertz CT molecular complexity index is 539. The minimum absolute atomic E-state index is 0.133. The number of carbonyl (C=O) groups excluding carboxylic acids is 2. The molecule has 0 radical (unpaired) electrons. The summed E-state index contributed by atoms with van der Waals surface area (Å²) in [5.41, 5.74) is 0.957. The summed E-state index contributed by atoms with van der Waals surface area (Å²) >= 11 is 1.38. The van der Waals surface area contributed by atoms with Gasteiger partial charge in [0.15, 0.2) is 12.1 Å². The second-order valence-electron chi connectivity index (χ2n) is 4.10. The highest BCUT2D eigenvalue weighted by Crippen LogP contribution is 2.36. The van der Waals surface area contributed by atoms with Crippen molar-refractivity contribution in [1.29, 1.82) is 0 Å². The van der Waals surface area contributed by atoms with Gasteiger partial charge in [0.1, 0.15) is 6.61 Å². The second-order valence-corrected chi connectivity index (χ2v) is 5.25. The van der Waals surface area contributed by atoms with Gasteiger partial charge < -0.3 is 4.74 Å². The first-order valence-electron chi connectivity index (χ1n) is 5.38. The van der Waals surface area contributed by atoms with E-state index in [9.17, 15) is 9.59 Å². The summed E-state index contributed by atoms with van der Waals surface area (Å²) in [6.07, 6.45) is 6.31. The molecule has 86 valence electrons. The van der Waals surface area contributed by atoms with Crippen molar-refractivity contribution >= 4 is 23.4 Å². The minimum Gasteiger partial charge on any atom is -0.500 e. The van der Waals surface area contributed by atoms with Crippen LogP contribution in [0.2, 0.25) is 0 Å². The molecule has 3 nitrogen and oxygen atoms in total. The number of aldehydes is 1. The molecule has 0 saturated carbocycles. The Kier molecular flexibility index (Phi) is 2.44. The molecule has 1 aromatic rings. The van der Waals surface area contributed by atoms with Crippen molar-refractivity contribution in [3.05, 3.63) is 45.9 Å². The highest BCUT2D eigenvalue weighted by atomic mass is 32.1. The van der Waals surface area contributed by atoms with Crippen molar-refractivity contribution in [3.8, 4) is 0 Å². The summed E-state index contributed by atoms with van der Waals surface area (Å²) in [5, 5.41) is 0. The number of ketones is 1. The van der Waals surface area contributed by atoms with Crippen molar-refractivity contribution in [1.82, 2.24) is 0 Å². The molecule has 0 fully saturated rings. The summed E-state index contributed by atoms with van der Waals surface area (Å²) in [5.74, 6) is -0.195. The van der Waals surface area contributed by atoms with Crippen molar-refractivity contribution in [3.63, 3.8) is 0 Å². The fourth-order valence-electron chi connectivity index (χ4n) is 2.17. The zero-order valence-corrected chi connectivity index (χ0v) is 9.78. The summed E-state index contributed by atoms with van der Waals surface area (Å²) < 4.78 is 5.19. The number of fused-ring (bicyclic) bond motifs is 1. The third-order valence-electron chi connectivity index (χ3n) is 3.09. The molecule has 17 heavy (non-hydrogen) atoms. The van der Waals surface area contributed by atoms with E-state index in [1.54, 1.807) is 12.3 Å². The van der Waals surface area contributed by atoms with Gasteiger partial charge in [0.2, 0.25) is 0 Å². The fraction of sp³-hybridized carbons (Fsp3) is 0.231.